The zero-order valence-electron chi connectivity index (χ0n) is 12.7. The average molecular weight is 270 g/mol. The van der Waals surface area contributed by atoms with Crippen molar-refractivity contribution in [3.8, 4) is 0 Å². The molecule has 1 rings (SSSR count). The molecular weight excluding hydrogens is 240 g/mol. The van der Waals surface area contributed by atoms with Gasteiger partial charge in [0.05, 0.1) is 5.60 Å². The third-order valence-corrected chi connectivity index (χ3v) is 7.34. The molecule has 3 unspecified atom stereocenters. The molecule has 1 nitrogen and oxygen atoms in total. The second kappa shape index (κ2) is 4.82. The quantitative estimate of drug-likeness (QED) is 0.696. The standard InChI is InChI=1S/C14H29OSi2/c1-11-8-12(10-17(5,6)7)9-14(4,15-16)13(11,2)3/h11-12H,8-10H2,1-7H3. The minimum atomic E-state index is -0.967. The summed E-state index contributed by atoms with van der Waals surface area (Å²) in [5.41, 5.74) is 0.205. The van der Waals surface area contributed by atoms with E-state index in [-0.39, 0.29) is 11.0 Å². The molecule has 0 heterocycles. The van der Waals surface area contributed by atoms with Crippen molar-refractivity contribution in [1.82, 2.24) is 0 Å². The first-order valence-corrected chi connectivity index (χ1v) is 11.0. The van der Waals surface area contributed by atoms with Crippen LogP contribution in [0.4, 0.5) is 0 Å². The van der Waals surface area contributed by atoms with Crippen LogP contribution in [0.15, 0.2) is 0 Å². The maximum atomic E-state index is 5.73. The first kappa shape index (κ1) is 15.5. The number of rotatable bonds is 3. The fourth-order valence-corrected chi connectivity index (χ4v) is 5.80. The molecule has 1 aliphatic carbocycles. The molecule has 3 radical (unpaired) electrons. The van der Waals surface area contributed by atoms with Gasteiger partial charge in [-0.05, 0) is 37.0 Å². The Morgan fingerprint density at radius 3 is 2.18 bits per heavy atom. The third-order valence-electron chi connectivity index (χ3n) is 5.09. The molecule has 0 aromatic carbocycles. The Kier molecular flexibility index (Phi) is 4.38. The van der Waals surface area contributed by atoms with Crippen molar-refractivity contribution in [2.75, 3.05) is 0 Å². The van der Waals surface area contributed by atoms with Gasteiger partial charge in [0.1, 0.15) is 0 Å². The molecule has 1 saturated carbocycles. The van der Waals surface area contributed by atoms with Gasteiger partial charge in [0.15, 0.2) is 0 Å². The first-order chi connectivity index (χ1) is 7.52. The second-order valence-corrected chi connectivity index (χ2v) is 13.8. The molecule has 3 atom stereocenters. The van der Waals surface area contributed by atoms with E-state index in [0.717, 1.165) is 11.8 Å². The van der Waals surface area contributed by atoms with Crippen molar-refractivity contribution in [2.45, 2.75) is 71.8 Å². The van der Waals surface area contributed by atoms with E-state index in [0.29, 0.717) is 0 Å². The summed E-state index contributed by atoms with van der Waals surface area (Å²) < 4.78 is 5.73. The Balaban J connectivity index is 2.85. The molecular formula is C14H29OSi2. The Bertz CT molecular complexity index is 270. The largest absolute Gasteiger partial charge is 0.413 e. The Labute approximate surface area is 112 Å². The summed E-state index contributed by atoms with van der Waals surface area (Å²) in [6.07, 6.45) is 2.56. The van der Waals surface area contributed by atoms with Gasteiger partial charge in [0.25, 0.3) is 0 Å². The number of hydrogen-bond donors (Lipinski definition) is 0. The molecule has 17 heavy (non-hydrogen) atoms. The van der Waals surface area contributed by atoms with Crippen LogP contribution in [0.1, 0.15) is 40.5 Å². The first-order valence-electron chi connectivity index (χ1n) is 6.86. The van der Waals surface area contributed by atoms with E-state index < -0.39 is 8.07 Å². The maximum Gasteiger partial charge on any atom is 0.247 e. The molecule has 0 aliphatic heterocycles. The van der Waals surface area contributed by atoms with E-state index in [1.165, 1.54) is 18.9 Å². The number of hydrogen-bond acceptors (Lipinski definition) is 1. The summed E-state index contributed by atoms with van der Waals surface area (Å²) in [6.45, 7) is 16.8. The van der Waals surface area contributed by atoms with Crippen LogP contribution in [0.5, 0.6) is 0 Å². The molecule has 0 N–H and O–H groups in total. The summed E-state index contributed by atoms with van der Waals surface area (Å²) in [4.78, 5) is 0. The highest BCUT2D eigenvalue weighted by Crippen LogP contribution is 2.52. The van der Waals surface area contributed by atoms with Crippen molar-refractivity contribution < 1.29 is 4.43 Å². The van der Waals surface area contributed by atoms with Gasteiger partial charge in [-0.3, -0.25) is 0 Å². The third kappa shape index (κ3) is 3.24. The molecule has 99 valence electrons. The van der Waals surface area contributed by atoms with Gasteiger partial charge in [0, 0.05) is 8.07 Å². The summed E-state index contributed by atoms with van der Waals surface area (Å²) >= 11 is 0. The van der Waals surface area contributed by atoms with E-state index in [9.17, 15) is 0 Å². The van der Waals surface area contributed by atoms with Gasteiger partial charge in [-0.25, -0.2) is 0 Å². The van der Waals surface area contributed by atoms with Crippen LogP contribution in [0.25, 0.3) is 0 Å². The molecule has 0 bridgehead atoms. The van der Waals surface area contributed by atoms with Crippen molar-refractivity contribution in [3.63, 3.8) is 0 Å². The van der Waals surface area contributed by atoms with Crippen LogP contribution in [0.2, 0.25) is 25.7 Å². The zero-order chi connectivity index (χ0) is 13.5. The normalized spacial score (nSPS) is 38.1. The molecule has 0 saturated heterocycles. The molecule has 0 amide bonds. The van der Waals surface area contributed by atoms with E-state index in [4.69, 9.17) is 4.43 Å². The second-order valence-electron chi connectivity index (χ2n) is 8.03. The van der Waals surface area contributed by atoms with Gasteiger partial charge in [-0.1, -0.05) is 46.5 Å². The van der Waals surface area contributed by atoms with Crippen molar-refractivity contribution in [2.24, 2.45) is 17.3 Å². The lowest BCUT2D eigenvalue weighted by atomic mass is 9.58. The summed E-state index contributed by atoms with van der Waals surface area (Å²) in [5.74, 6) is 1.56. The van der Waals surface area contributed by atoms with Crippen molar-refractivity contribution in [3.05, 3.63) is 0 Å². The van der Waals surface area contributed by atoms with Gasteiger partial charge in [0.2, 0.25) is 10.5 Å². The Hall–Kier alpha value is 0.394. The van der Waals surface area contributed by atoms with Gasteiger partial charge >= 0.3 is 0 Å². The molecule has 1 aliphatic rings. The minimum absolute atomic E-state index is 0.0358. The summed E-state index contributed by atoms with van der Waals surface area (Å²) in [6, 6.07) is 1.43. The van der Waals surface area contributed by atoms with Crippen molar-refractivity contribution >= 4 is 18.6 Å². The lowest BCUT2D eigenvalue weighted by molar-refractivity contribution is -0.102. The van der Waals surface area contributed by atoms with E-state index >= 15 is 0 Å². The highest BCUT2D eigenvalue weighted by molar-refractivity contribution is 6.76. The van der Waals surface area contributed by atoms with Crippen LogP contribution in [-0.2, 0) is 4.43 Å². The van der Waals surface area contributed by atoms with E-state index in [2.05, 4.69) is 57.8 Å². The van der Waals surface area contributed by atoms with Gasteiger partial charge in [-0.2, -0.15) is 0 Å². The lowest BCUT2D eigenvalue weighted by Gasteiger charge is -2.54. The van der Waals surface area contributed by atoms with Crippen LogP contribution in [0.3, 0.4) is 0 Å². The SMILES string of the molecule is CC1CC(C[Si](C)(C)C)CC(C)(O[Si])C1(C)C. The fourth-order valence-electron chi connectivity index (χ4n) is 3.41. The van der Waals surface area contributed by atoms with E-state index in [1.807, 2.05) is 0 Å². The van der Waals surface area contributed by atoms with Gasteiger partial charge in [-0.15, -0.1) is 0 Å². The highest BCUT2D eigenvalue weighted by atomic mass is 28.3. The van der Waals surface area contributed by atoms with Crippen LogP contribution < -0.4 is 0 Å². The van der Waals surface area contributed by atoms with E-state index in [1.54, 1.807) is 0 Å². The summed E-state index contributed by atoms with van der Waals surface area (Å²) in [5, 5.41) is 0. The lowest BCUT2D eigenvalue weighted by Crippen LogP contribution is -2.53. The van der Waals surface area contributed by atoms with Crippen LogP contribution in [0, 0.1) is 17.3 Å². The molecule has 3 heteroatoms. The average Bonchev–Trinajstić information content (AvgIpc) is 2.12. The topological polar surface area (TPSA) is 9.23 Å². The predicted molar refractivity (Wildman–Crippen MR) is 79.1 cm³/mol. The summed E-state index contributed by atoms with van der Waals surface area (Å²) in [7, 11) is 2.37. The van der Waals surface area contributed by atoms with Crippen LogP contribution in [-0.4, -0.2) is 24.2 Å². The molecule has 1 fully saturated rings. The highest BCUT2D eigenvalue weighted by Gasteiger charge is 2.50. The Morgan fingerprint density at radius 2 is 1.76 bits per heavy atom. The Morgan fingerprint density at radius 1 is 1.24 bits per heavy atom. The van der Waals surface area contributed by atoms with Gasteiger partial charge < -0.3 is 4.43 Å². The van der Waals surface area contributed by atoms with Crippen LogP contribution >= 0.6 is 0 Å². The monoisotopic (exact) mass is 269 g/mol. The molecule has 0 aromatic rings. The maximum absolute atomic E-state index is 5.73. The predicted octanol–water partition coefficient (Wildman–Crippen LogP) is 4.26. The smallest absolute Gasteiger partial charge is 0.247 e. The van der Waals surface area contributed by atoms with Crippen molar-refractivity contribution in [1.29, 1.82) is 0 Å². The molecule has 0 spiro atoms. The zero-order valence-corrected chi connectivity index (χ0v) is 14.7. The minimum Gasteiger partial charge on any atom is -0.413 e. The fraction of sp³-hybridized carbons (Fsp3) is 1.00. The molecule has 0 aromatic heterocycles.